The van der Waals surface area contributed by atoms with E-state index in [4.69, 9.17) is 11.6 Å². The summed E-state index contributed by atoms with van der Waals surface area (Å²) < 4.78 is 15.5. The summed E-state index contributed by atoms with van der Waals surface area (Å²) in [6.45, 7) is 3.93. The lowest BCUT2D eigenvalue weighted by Gasteiger charge is -2.15. The second-order valence-corrected chi connectivity index (χ2v) is 8.68. The van der Waals surface area contributed by atoms with Gasteiger partial charge in [-0.05, 0) is 80.3 Å². The highest BCUT2D eigenvalue weighted by molar-refractivity contribution is 6.30. The smallest absolute Gasteiger partial charge is 0.253 e. The Hall–Kier alpha value is -3.37. The third-order valence-corrected chi connectivity index (χ3v) is 6.05. The summed E-state index contributed by atoms with van der Waals surface area (Å²) in [5, 5.41) is 3.77. The molecule has 0 spiro atoms. The fourth-order valence-corrected chi connectivity index (χ4v) is 4.12. The summed E-state index contributed by atoms with van der Waals surface area (Å²) in [6, 6.07) is 25.9. The van der Waals surface area contributed by atoms with Crippen molar-refractivity contribution in [3.8, 4) is 16.9 Å². The van der Waals surface area contributed by atoms with E-state index in [-0.39, 0.29) is 17.8 Å². The van der Waals surface area contributed by atoms with Crippen molar-refractivity contribution >= 4 is 17.5 Å². The Labute approximate surface area is 198 Å². The van der Waals surface area contributed by atoms with Crippen molar-refractivity contribution in [2.75, 3.05) is 0 Å². The molecular formula is C28H26ClFN2O. The van der Waals surface area contributed by atoms with Crippen LogP contribution >= 0.6 is 11.6 Å². The number of hydrogen-bond acceptors (Lipinski definition) is 1. The number of aromatic nitrogens is 1. The molecule has 0 saturated carbocycles. The molecule has 0 aliphatic rings. The van der Waals surface area contributed by atoms with E-state index in [9.17, 15) is 9.18 Å². The van der Waals surface area contributed by atoms with Gasteiger partial charge >= 0.3 is 0 Å². The number of rotatable bonds is 7. The van der Waals surface area contributed by atoms with Crippen molar-refractivity contribution in [3.63, 3.8) is 0 Å². The van der Waals surface area contributed by atoms with Gasteiger partial charge in [-0.15, -0.1) is 0 Å². The van der Waals surface area contributed by atoms with Crippen LogP contribution < -0.4 is 5.32 Å². The fraction of sp³-hybridized carbons (Fsp3) is 0.179. The van der Waals surface area contributed by atoms with Gasteiger partial charge in [-0.1, -0.05) is 54.1 Å². The van der Waals surface area contributed by atoms with Crippen LogP contribution in [0.1, 0.15) is 35.0 Å². The number of halogens is 2. The molecule has 1 N–H and O–H groups in total. The highest BCUT2D eigenvalue weighted by atomic mass is 35.5. The van der Waals surface area contributed by atoms with Crippen LogP contribution in [0, 0.1) is 12.7 Å². The normalized spacial score (nSPS) is 11.9. The first-order valence-electron chi connectivity index (χ1n) is 11.0. The Morgan fingerprint density at radius 3 is 2.33 bits per heavy atom. The molecule has 1 aromatic heterocycles. The van der Waals surface area contributed by atoms with Crippen molar-refractivity contribution in [1.82, 2.24) is 9.88 Å². The first-order chi connectivity index (χ1) is 15.9. The number of aryl methyl sites for hydroxylation is 1. The van der Waals surface area contributed by atoms with E-state index in [0.29, 0.717) is 10.6 Å². The summed E-state index contributed by atoms with van der Waals surface area (Å²) >= 11 is 6.08. The molecule has 1 heterocycles. The summed E-state index contributed by atoms with van der Waals surface area (Å²) in [6.07, 6.45) is 1.74. The van der Waals surface area contributed by atoms with E-state index in [0.717, 1.165) is 35.5 Å². The minimum absolute atomic E-state index is 0.0188. The number of hydrogen-bond donors (Lipinski definition) is 1. The summed E-state index contributed by atoms with van der Waals surface area (Å²) in [5.41, 5.74) is 5.19. The molecule has 0 saturated heterocycles. The zero-order chi connectivity index (χ0) is 23.4. The maximum atomic E-state index is 13.6. The molecule has 4 aromatic rings. The molecule has 3 aromatic carbocycles. The Morgan fingerprint density at radius 2 is 1.67 bits per heavy atom. The number of amides is 1. The van der Waals surface area contributed by atoms with Crippen LogP contribution in [0.2, 0.25) is 5.02 Å². The van der Waals surface area contributed by atoms with Gasteiger partial charge in [0.15, 0.2) is 0 Å². The second-order valence-electron chi connectivity index (χ2n) is 8.25. The Balaban J connectivity index is 1.62. The highest BCUT2D eigenvalue weighted by Crippen LogP contribution is 2.30. The Bertz CT molecular complexity index is 1230. The van der Waals surface area contributed by atoms with Crippen LogP contribution in [0.15, 0.2) is 84.9 Å². The summed E-state index contributed by atoms with van der Waals surface area (Å²) in [5.74, 6) is -0.425. The predicted octanol–water partition coefficient (Wildman–Crippen LogP) is 7.00. The molecule has 0 aliphatic heterocycles. The van der Waals surface area contributed by atoms with Crippen molar-refractivity contribution in [1.29, 1.82) is 0 Å². The third-order valence-electron chi connectivity index (χ3n) is 5.80. The SMILES string of the molecule is Cc1c(C(=O)NC(C)CCc2ccccc2)cc(-c2ccc(Cl)cc2)n1-c1ccc(F)cc1. The third kappa shape index (κ3) is 5.35. The van der Waals surface area contributed by atoms with E-state index < -0.39 is 0 Å². The van der Waals surface area contributed by atoms with Crippen LogP contribution in [0.5, 0.6) is 0 Å². The molecule has 5 heteroatoms. The molecular weight excluding hydrogens is 435 g/mol. The molecule has 0 radical (unpaired) electrons. The number of nitrogens with zero attached hydrogens (tertiary/aromatic N) is 1. The molecule has 1 atom stereocenters. The first kappa shape index (κ1) is 22.8. The molecule has 0 bridgehead atoms. The van der Waals surface area contributed by atoms with Crippen LogP contribution in [0.3, 0.4) is 0 Å². The molecule has 168 valence electrons. The van der Waals surface area contributed by atoms with Crippen LogP contribution in [0.25, 0.3) is 16.9 Å². The quantitative estimate of drug-likeness (QED) is 0.316. The summed E-state index contributed by atoms with van der Waals surface area (Å²) in [4.78, 5) is 13.2. The topological polar surface area (TPSA) is 34.0 Å². The number of carbonyl (C=O) groups is 1. The van der Waals surface area contributed by atoms with Gasteiger partial charge < -0.3 is 9.88 Å². The fourth-order valence-electron chi connectivity index (χ4n) is 3.99. The zero-order valence-corrected chi connectivity index (χ0v) is 19.4. The minimum Gasteiger partial charge on any atom is -0.350 e. The predicted molar refractivity (Wildman–Crippen MR) is 133 cm³/mol. The van der Waals surface area contributed by atoms with Gasteiger partial charge in [0.05, 0.1) is 11.3 Å². The molecule has 0 fully saturated rings. The standard InChI is InChI=1S/C28H26ClFN2O/c1-19(8-9-21-6-4-3-5-7-21)31-28(33)26-18-27(22-10-12-23(29)13-11-22)32(20(26)2)25-16-14-24(30)15-17-25/h3-7,10-19H,8-9H2,1-2H3,(H,31,33). The van der Waals surface area contributed by atoms with Crippen molar-refractivity contribution in [2.24, 2.45) is 0 Å². The van der Waals surface area contributed by atoms with Crippen LogP contribution in [-0.4, -0.2) is 16.5 Å². The largest absolute Gasteiger partial charge is 0.350 e. The summed E-state index contributed by atoms with van der Waals surface area (Å²) in [7, 11) is 0. The maximum absolute atomic E-state index is 13.6. The van der Waals surface area contributed by atoms with Crippen molar-refractivity contribution in [2.45, 2.75) is 32.7 Å². The van der Waals surface area contributed by atoms with Crippen molar-refractivity contribution in [3.05, 3.63) is 113 Å². The Morgan fingerprint density at radius 1 is 1.00 bits per heavy atom. The molecule has 4 rings (SSSR count). The average molecular weight is 461 g/mol. The van der Waals surface area contributed by atoms with Gasteiger partial charge in [0.1, 0.15) is 5.82 Å². The van der Waals surface area contributed by atoms with Gasteiger partial charge in [0.2, 0.25) is 0 Å². The van der Waals surface area contributed by atoms with E-state index >= 15 is 0 Å². The van der Waals surface area contributed by atoms with E-state index in [1.165, 1.54) is 17.7 Å². The lowest BCUT2D eigenvalue weighted by atomic mass is 10.1. The molecule has 0 aliphatic carbocycles. The highest BCUT2D eigenvalue weighted by Gasteiger charge is 2.21. The van der Waals surface area contributed by atoms with Gasteiger partial charge in [0, 0.05) is 22.4 Å². The zero-order valence-electron chi connectivity index (χ0n) is 18.7. The van der Waals surface area contributed by atoms with E-state index in [1.807, 2.05) is 66.9 Å². The minimum atomic E-state index is -0.304. The first-order valence-corrected chi connectivity index (χ1v) is 11.4. The number of benzene rings is 3. The van der Waals surface area contributed by atoms with Gasteiger partial charge in [-0.25, -0.2) is 4.39 Å². The Kier molecular flexibility index (Phi) is 6.95. The second kappa shape index (κ2) is 10.1. The molecule has 1 unspecified atom stereocenters. The van der Waals surface area contributed by atoms with Crippen LogP contribution in [0.4, 0.5) is 4.39 Å². The lowest BCUT2D eigenvalue weighted by molar-refractivity contribution is 0.0938. The van der Waals surface area contributed by atoms with Crippen molar-refractivity contribution < 1.29 is 9.18 Å². The van der Waals surface area contributed by atoms with Crippen LogP contribution in [-0.2, 0) is 6.42 Å². The molecule has 3 nitrogen and oxygen atoms in total. The van der Waals surface area contributed by atoms with Gasteiger partial charge in [0.25, 0.3) is 5.91 Å². The monoisotopic (exact) mass is 460 g/mol. The molecule has 1 amide bonds. The number of carbonyl (C=O) groups excluding carboxylic acids is 1. The lowest BCUT2D eigenvalue weighted by Crippen LogP contribution is -2.33. The maximum Gasteiger partial charge on any atom is 0.253 e. The molecule has 33 heavy (non-hydrogen) atoms. The van der Waals surface area contributed by atoms with Gasteiger partial charge in [-0.2, -0.15) is 0 Å². The van der Waals surface area contributed by atoms with Gasteiger partial charge in [-0.3, -0.25) is 4.79 Å². The van der Waals surface area contributed by atoms with E-state index in [2.05, 4.69) is 17.4 Å². The number of nitrogens with one attached hydrogen (secondary N) is 1. The van der Waals surface area contributed by atoms with E-state index in [1.54, 1.807) is 12.1 Å². The average Bonchev–Trinajstić information content (AvgIpc) is 3.16.